The Morgan fingerprint density at radius 3 is 2.03 bits per heavy atom. The lowest BCUT2D eigenvalue weighted by Crippen LogP contribution is -2.39. The second kappa shape index (κ2) is 9.06. The maximum atomic E-state index is 12.8. The van der Waals surface area contributed by atoms with Crippen LogP contribution in [-0.4, -0.2) is 28.3 Å². The molecule has 0 bridgehead atoms. The van der Waals surface area contributed by atoms with Gasteiger partial charge in [0.05, 0.1) is 0 Å². The number of likely N-dealkylation sites (tertiary alicyclic amines) is 1. The van der Waals surface area contributed by atoms with Crippen molar-refractivity contribution in [3.63, 3.8) is 0 Å². The lowest BCUT2D eigenvalue weighted by Gasteiger charge is -2.34. The Labute approximate surface area is 173 Å². The molecule has 0 saturated carbocycles. The van der Waals surface area contributed by atoms with Gasteiger partial charge in [-0.15, -0.1) is 0 Å². The Balaban J connectivity index is 1.55. The molecule has 1 fully saturated rings. The van der Waals surface area contributed by atoms with Crippen LogP contribution < -0.4 is 0 Å². The largest absolute Gasteiger partial charge is 0.337 e. The minimum Gasteiger partial charge on any atom is -0.337 e. The summed E-state index contributed by atoms with van der Waals surface area (Å²) in [5, 5.41) is 0. The first-order valence-electron chi connectivity index (χ1n) is 10.4. The van der Waals surface area contributed by atoms with Gasteiger partial charge in [-0.05, 0) is 23.6 Å². The van der Waals surface area contributed by atoms with Gasteiger partial charge < -0.3 is 4.90 Å². The Bertz CT molecular complexity index is 911. The molecule has 29 heavy (non-hydrogen) atoms. The Morgan fingerprint density at radius 2 is 1.41 bits per heavy atom. The average Bonchev–Trinajstić information content (AvgIpc) is 3.13. The van der Waals surface area contributed by atoms with Crippen molar-refractivity contribution in [3.05, 3.63) is 108 Å². The number of rotatable bonds is 7. The molecule has 3 nitrogen and oxygen atoms in total. The van der Waals surface area contributed by atoms with Gasteiger partial charge in [0.15, 0.2) is 0 Å². The van der Waals surface area contributed by atoms with E-state index in [9.17, 15) is 4.79 Å². The molecule has 0 N–H and O–H groups in total. The predicted octanol–water partition coefficient (Wildman–Crippen LogP) is 5.05. The molecule has 3 heteroatoms. The van der Waals surface area contributed by atoms with Crippen LogP contribution in [0, 0.1) is 0 Å². The van der Waals surface area contributed by atoms with Crippen molar-refractivity contribution in [2.24, 2.45) is 0 Å². The third-order valence-corrected chi connectivity index (χ3v) is 5.87. The van der Waals surface area contributed by atoms with E-state index in [-0.39, 0.29) is 18.0 Å². The molecule has 1 saturated heterocycles. The predicted molar refractivity (Wildman–Crippen MR) is 117 cm³/mol. The van der Waals surface area contributed by atoms with Crippen molar-refractivity contribution in [3.8, 4) is 0 Å². The van der Waals surface area contributed by atoms with E-state index in [4.69, 9.17) is 0 Å². The molecule has 0 aliphatic carbocycles. The van der Waals surface area contributed by atoms with Gasteiger partial charge in [-0.25, -0.2) is 0 Å². The van der Waals surface area contributed by atoms with Gasteiger partial charge in [0.1, 0.15) is 0 Å². The monoisotopic (exact) mass is 384 g/mol. The highest BCUT2D eigenvalue weighted by Gasteiger charge is 2.35. The number of hydrogen-bond donors (Lipinski definition) is 0. The Kier molecular flexibility index (Phi) is 6.06. The summed E-state index contributed by atoms with van der Waals surface area (Å²) in [7, 11) is 0. The first-order chi connectivity index (χ1) is 14.2. The minimum absolute atomic E-state index is 0.210. The van der Waals surface area contributed by atoms with E-state index in [0.717, 1.165) is 13.1 Å². The van der Waals surface area contributed by atoms with Gasteiger partial charge >= 0.3 is 0 Å². The fourth-order valence-corrected chi connectivity index (χ4v) is 4.23. The SMILES string of the molecule is C[C@@H](c1ccccc1)N(Cc1ccccc1)[C@@H]1CC(=O)N(Cc2ccccc2)C1. The Morgan fingerprint density at radius 1 is 0.862 bits per heavy atom. The highest BCUT2D eigenvalue weighted by atomic mass is 16.2. The number of benzene rings is 3. The molecule has 0 spiro atoms. The first kappa shape index (κ1) is 19.4. The third-order valence-electron chi connectivity index (χ3n) is 5.87. The van der Waals surface area contributed by atoms with E-state index in [1.165, 1.54) is 16.7 Å². The van der Waals surface area contributed by atoms with Crippen LogP contribution in [0.25, 0.3) is 0 Å². The topological polar surface area (TPSA) is 23.6 Å². The average molecular weight is 385 g/mol. The van der Waals surface area contributed by atoms with Crippen LogP contribution >= 0.6 is 0 Å². The van der Waals surface area contributed by atoms with Crippen LogP contribution in [0.4, 0.5) is 0 Å². The fraction of sp³-hybridized carbons (Fsp3) is 0.269. The molecule has 0 radical (unpaired) electrons. The van der Waals surface area contributed by atoms with Crippen molar-refractivity contribution in [2.75, 3.05) is 6.54 Å². The number of carbonyl (C=O) groups is 1. The summed E-state index contributed by atoms with van der Waals surface area (Å²) >= 11 is 0. The summed E-state index contributed by atoms with van der Waals surface area (Å²) in [6.07, 6.45) is 0.580. The van der Waals surface area contributed by atoms with Crippen LogP contribution in [0.5, 0.6) is 0 Å². The summed E-state index contributed by atoms with van der Waals surface area (Å²) in [4.78, 5) is 17.3. The van der Waals surface area contributed by atoms with E-state index >= 15 is 0 Å². The van der Waals surface area contributed by atoms with Crippen LogP contribution in [0.2, 0.25) is 0 Å². The zero-order valence-electron chi connectivity index (χ0n) is 16.9. The highest BCUT2D eigenvalue weighted by molar-refractivity contribution is 5.79. The van der Waals surface area contributed by atoms with Gasteiger partial charge in [-0.2, -0.15) is 0 Å². The van der Waals surface area contributed by atoms with Gasteiger partial charge in [0, 0.05) is 38.1 Å². The number of carbonyl (C=O) groups excluding carboxylic acids is 1. The van der Waals surface area contributed by atoms with E-state index in [1.807, 2.05) is 23.1 Å². The lowest BCUT2D eigenvalue weighted by molar-refractivity contribution is -0.128. The Hall–Kier alpha value is -2.91. The molecular formula is C26H28N2O. The quantitative estimate of drug-likeness (QED) is 0.569. The standard InChI is InChI=1S/C26H28N2O/c1-21(24-15-9-4-10-16-24)28(19-23-13-7-3-8-14-23)25-17-26(29)27(20-25)18-22-11-5-2-6-12-22/h2-16,21,25H,17-20H2,1H3/t21-,25+/m0/s1. The van der Waals surface area contributed by atoms with E-state index < -0.39 is 0 Å². The van der Waals surface area contributed by atoms with Crippen LogP contribution in [0.15, 0.2) is 91.0 Å². The number of hydrogen-bond acceptors (Lipinski definition) is 2. The smallest absolute Gasteiger partial charge is 0.224 e. The molecule has 1 amide bonds. The lowest BCUT2D eigenvalue weighted by atomic mass is 10.0. The minimum atomic E-state index is 0.210. The van der Waals surface area contributed by atoms with Gasteiger partial charge in [0.2, 0.25) is 5.91 Å². The zero-order valence-corrected chi connectivity index (χ0v) is 16.9. The van der Waals surface area contributed by atoms with Crippen LogP contribution in [-0.2, 0) is 17.9 Å². The van der Waals surface area contributed by atoms with Gasteiger partial charge in [-0.1, -0.05) is 91.0 Å². The summed E-state index contributed by atoms with van der Waals surface area (Å²) < 4.78 is 0. The second-order valence-corrected chi connectivity index (χ2v) is 7.86. The first-order valence-corrected chi connectivity index (χ1v) is 10.4. The molecule has 2 atom stereocenters. The molecule has 0 aromatic heterocycles. The van der Waals surface area contributed by atoms with Gasteiger partial charge in [-0.3, -0.25) is 9.69 Å². The van der Waals surface area contributed by atoms with Crippen molar-refractivity contribution in [1.82, 2.24) is 9.80 Å². The van der Waals surface area contributed by atoms with Crippen molar-refractivity contribution >= 4 is 5.91 Å². The summed E-state index contributed by atoms with van der Waals surface area (Å²) in [5.74, 6) is 0.247. The molecule has 1 aliphatic heterocycles. The van der Waals surface area contributed by atoms with Crippen molar-refractivity contribution in [1.29, 1.82) is 0 Å². The maximum absolute atomic E-state index is 12.8. The van der Waals surface area contributed by atoms with E-state index in [2.05, 4.69) is 84.6 Å². The summed E-state index contributed by atoms with van der Waals surface area (Å²) in [6.45, 7) is 4.56. The van der Waals surface area contributed by atoms with E-state index in [1.54, 1.807) is 0 Å². The molecule has 1 heterocycles. The summed E-state index contributed by atoms with van der Waals surface area (Å²) in [6, 6.07) is 31.9. The molecule has 3 aromatic carbocycles. The normalized spacial score (nSPS) is 17.7. The van der Waals surface area contributed by atoms with Crippen molar-refractivity contribution < 1.29 is 4.79 Å². The molecule has 148 valence electrons. The molecule has 3 aromatic rings. The van der Waals surface area contributed by atoms with Crippen molar-refractivity contribution in [2.45, 2.75) is 38.5 Å². The maximum Gasteiger partial charge on any atom is 0.224 e. The molecular weight excluding hydrogens is 356 g/mol. The summed E-state index contributed by atoms with van der Waals surface area (Å²) in [5.41, 5.74) is 3.76. The van der Waals surface area contributed by atoms with Crippen LogP contribution in [0.3, 0.4) is 0 Å². The van der Waals surface area contributed by atoms with Crippen LogP contribution in [0.1, 0.15) is 36.1 Å². The molecule has 4 rings (SSSR count). The highest BCUT2D eigenvalue weighted by Crippen LogP contribution is 2.30. The van der Waals surface area contributed by atoms with E-state index in [0.29, 0.717) is 13.0 Å². The second-order valence-electron chi connectivity index (χ2n) is 7.86. The zero-order chi connectivity index (χ0) is 20.1. The number of amides is 1. The number of nitrogens with zero attached hydrogens (tertiary/aromatic N) is 2. The third kappa shape index (κ3) is 4.75. The molecule has 0 unspecified atom stereocenters. The molecule has 1 aliphatic rings. The van der Waals surface area contributed by atoms with Gasteiger partial charge in [0.25, 0.3) is 0 Å². The fourth-order valence-electron chi connectivity index (χ4n) is 4.23.